The Labute approximate surface area is 99.1 Å². The van der Waals surface area contributed by atoms with Crippen LogP contribution in [0.2, 0.25) is 0 Å². The summed E-state index contributed by atoms with van der Waals surface area (Å²) < 4.78 is 5.48. The van der Waals surface area contributed by atoms with E-state index in [4.69, 9.17) is 4.74 Å². The summed E-state index contributed by atoms with van der Waals surface area (Å²) in [7, 11) is 0. The Bertz CT molecular complexity index is 270. The Morgan fingerprint density at radius 1 is 1.50 bits per heavy atom. The van der Waals surface area contributed by atoms with Crippen LogP contribution in [0.5, 0.6) is 0 Å². The van der Waals surface area contributed by atoms with E-state index in [-0.39, 0.29) is 11.6 Å². The Morgan fingerprint density at radius 3 is 2.50 bits per heavy atom. The highest BCUT2D eigenvalue weighted by atomic mass is 16.6. The minimum Gasteiger partial charge on any atom is -0.444 e. The molecule has 0 bridgehead atoms. The largest absolute Gasteiger partial charge is 0.444 e. The molecule has 1 amide bonds. The van der Waals surface area contributed by atoms with Gasteiger partial charge in [0.25, 0.3) is 0 Å². The summed E-state index contributed by atoms with van der Waals surface area (Å²) in [6.45, 7) is 12.1. The smallest absolute Gasteiger partial charge is 0.410 e. The van der Waals surface area contributed by atoms with Gasteiger partial charge in [-0.05, 0) is 53.9 Å². The highest BCUT2D eigenvalue weighted by molar-refractivity contribution is 5.70. The van der Waals surface area contributed by atoms with Crippen molar-refractivity contribution in [3.63, 3.8) is 0 Å². The zero-order valence-corrected chi connectivity index (χ0v) is 11.5. The van der Waals surface area contributed by atoms with Crippen LogP contribution in [0.1, 0.15) is 60.8 Å². The molecular weight excluding hydrogens is 202 g/mol. The molecule has 1 fully saturated rings. The number of carbonyl (C=O) groups excluding carboxylic acids is 1. The minimum absolute atomic E-state index is 0.0260. The van der Waals surface area contributed by atoms with E-state index in [1.165, 1.54) is 0 Å². The molecule has 1 aliphatic heterocycles. The van der Waals surface area contributed by atoms with Crippen LogP contribution >= 0.6 is 0 Å². The zero-order chi connectivity index (χ0) is 12.6. The molecule has 1 heterocycles. The van der Waals surface area contributed by atoms with Gasteiger partial charge in [-0.15, -0.1) is 0 Å². The van der Waals surface area contributed by atoms with Crippen molar-refractivity contribution in [1.29, 1.82) is 0 Å². The Morgan fingerprint density at radius 2 is 2.06 bits per heavy atom. The maximum absolute atomic E-state index is 12.1. The molecule has 3 heteroatoms. The Balaban J connectivity index is 2.80. The average Bonchev–Trinajstić information content (AvgIpc) is 2.40. The lowest BCUT2D eigenvalue weighted by Gasteiger charge is -2.38. The quantitative estimate of drug-likeness (QED) is 0.685. The number of likely N-dealkylation sites (tertiary alicyclic amines) is 1. The van der Waals surface area contributed by atoms with E-state index in [1.807, 2.05) is 25.7 Å². The second-order valence-electron chi connectivity index (χ2n) is 6.09. The van der Waals surface area contributed by atoms with Crippen LogP contribution in [0.3, 0.4) is 0 Å². The van der Waals surface area contributed by atoms with E-state index in [0.717, 1.165) is 19.3 Å². The zero-order valence-electron chi connectivity index (χ0n) is 11.5. The van der Waals surface area contributed by atoms with E-state index >= 15 is 0 Å². The second-order valence-corrected chi connectivity index (χ2v) is 6.09. The van der Waals surface area contributed by atoms with Gasteiger partial charge < -0.3 is 9.64 Å². The molecule has 16 heavy (non-hydrogen) atoms. The average molecular weight is 227 g/mol. The number of nitrogens with zero attached hydrogens (tertiary/aromatic N) is 1. The number of hydrogen-bond acceptors (Lipinski definition) is 2. The van der Waals surface area contributed by atoms with E-state index in [1.54, 1.807) is 0 Å². The first-order valence-electron chi connectivity index (χ1n) is 6.22. The molecule has 0 saturated carbocycles. The minimum atomic E-state index is -0.409. The number of amides is 1. The SMILES string of the molecule is CCC1(C)CCC(C)N1C(=O)OC(C)(C)C. The summed E-state index contributed by atoms with van der Waals surface area (Å²) in [5.41, 5.74) is -0.435. The molecule has 0 N–H and O–H groups in total. The van der Waals surface area contributed by atoms with Crippen LogP contribution in [0.4, 0.5) is 4.79 Å². The molecule has 0 aromatic heterocycles. The fourth-order valence-electron chi connectivity index (χ4n) is 2.36. The number of ether oxygens (including phenoxy) is 1. The third kappa shape index (κ3) is 2.69. The van der Waals surface area contributed by atoms with Gasteiger partial charge in [-0.2, -0.15) is 0 Å². The molecule has 1 saturated heterocycles. The predicted octanol–water partition coefficient (Wildman–Crippen LogP) is 3.57. The van der Waals surface area contributed by atoms with Crippen LogP contribution < -0.4 is 0 Å². The van der Waals surface area contributed by atoms with Crippen LogP contribution in [-0.4, -0.2) is 28.2 Å². The van der Waals surface area contributed by atoms with Crippen LogP contribution in [-0.2, 0) is 4.74 Å². The molecule has 1 rings (SSSR count). The molecule has 0 aliphatic carbocycles. The molecule has 94 valence electrons. The molecular formula is C13H25NO2. The summed E-state index contributed by atoms with van der Waals surface area (Å²) >= 11 is 0. The fraction of sp³-hybridized carbons (Fsp3) is 0.923. The first-order valence-corrected chi connectivity index (χ1v) is 6.22. The fourth-order valence-corrected chi connectivity index (χ4v) is 2.36. The first-order chi connectivity index (χ1) is 7.19. The van der Waals surface area contributed by atoms with Gasteiger partial charge in [-0.3, -0.25) is 0 Å². The standard InChI is InChI=1S/C13H25NO2/c1-7-13(6)9-8-10(2)14(13)11(15)16-12(3,4)5/h10H,7-9H2,1-6H3. The maximum atomic E-state index is 12.1. The lowest BCUT2D eigenvalue weighted by molar-refractivity contribution is 0.00191. The van der Waals surface area contributed by atoms with Gasteiger partial charge in [0.15, 0.2) is 0 Å². The van der Waals surface area contributed by atoms with Crippen molar-refractivity contribution in [3.05, 3.63) is 0 Å². The predicted molar refractivity (Wildman–Crippen MR) is 65.5 cm³/mol. The van der Waals surface area contributed by atoms with Gasteiger partial charge >= 0.3 is 6.09 Å². The summed E-state index contributed by atoms with van der Waals surface area (Å²) in [4.78, 5) is 14.1. The highest BCUT2D eigenvalue weighted by Crippen LogP contribution is 2.37. The molecule has 1 aliphatic rings. The number of hydrogen-bond donors (Lipinski definition) is 0. The van der Waals surface area contributed by atoms with Crippen LogP contribution in [0.25, 0.3) is 0 Å². The van der Waals surface area contributed by atoms with Crippen molar-refractivity contribution in [2.45, 2.75) is 78.0 Å². The maximum Gasteiger partial charge on any atom is 0.410 e. The third-order valence-electron chi connectivity index (χ3n) is 3.47. The van der Waals surface area contributed by atoms with Crippen molar-refractivity contribution >= 4 is 6.09 Å². The van der Waals surface area contributed by atoms with Crippen molar-refractivity contribution in [3.8, 4) is 0 Å². The monoisotopic (exact) mass is 227 g/mol. The topological polar surface area (TPSA) is 29.5 Å². The van der Waals surface area contributed by atoms with Crippen molar-refractivity contribution < 1.29 is 9.53 Å². The van der Waals surface area contributed by atoms with Gasteiger partial charge in [0.1, 0.15) is 5.60 Å². The lowest BCUT2D eigenvalue weighted by atomic mass is 9.96. The van der Waals surface area contributed by atoms with Gasteiger partial charge in [-0.1, -0.05) is 6.92 Å². The number of carbonyl (C=O) groups is 1. The van der Waals surface area contributed by atoms with E-state index in [0.29, 0.717) is 6.04 Å². The molecule has 2 atom stereocenters. The summed E-state index contributed by atoms with van der Waals surface area (Å²) in [5.74, 6) is 0. The molecule has 2 unspecified atom stereocenters. The Hall–Kier alpha value is -0.730. The molecule has 0 radical (unpaired) electrons. The van der Waals surface area contributed by atoms with E-state index in [2.05, 4.69) is 20.8 Å². The van der Waals surface area contributed by atoms with Gasteiger partial charge in [0.05, 0.1) is 0 Å². The van der Waals surface area contributed by atoms with Gasteiger partial charge in [0, 0.05) is 11.6 Å². The van der Waals surface area contributed by atoms with E-state index < -0.39 is 5.60 Å². The van der Waals surface area contributed by atoms with E-state index in [9.17, 15) is 4.79 Å². The summed E-state index contributed by atoms with van der Waals surface area (Å²) in [6, 6.07) is 0.291. The highest BCUT2D eigenvalue weighted by Gasteiger charge is 2.44. The number of rotatable bonds is 1. The normalized spacial score (nSPS) is 30.6. The third-order valence-corrected chi connectivity index (χ3v) is 3.47. The van der Waals surface area contributed by atoms with Crippen molar-refractivity contribution in [2.24, 2.45) is 0 Å². The van der Waals surface area contributed by atoms with Gasteiger partial charge in [0.2, 0.25) is 0 Å². The first kappa shape index (κ1) is 13.3. The lowest BCUT2D eigenvalue weighted by Crippen LogP contribution is -2.49. The summed E-state index contributed by atoms with van der Waals surface area (Å²) in [6.07, 6.45) is 2.96. The molecule has 0 aromatic carbocycles. The van der Waals surface area contributed by atoms with Crippen LogP contribution in [0, 0.1) is 0 Å². The Kier molecular flexibility index (Phi) is 3.56. The van der Waals surface area contributed by atoms with Crippen molar-refractivity contribution in [1.82, 2.24) is 4.90 Å². The van der Waals surface area contributed by atoms with Crippen molar-refractivity contribution in [2.75, 3.05) is 0 Å². The molecule has 0 aromatic rings. The summed E-state index contributed by atoms with van der Waals surface area (Å²) in [5, 5.41) is 0. The molecule has 3 nitrogen and oxygen atoms in total. The second kappa shape index (κ2) is 4.27. The van der Waals surface area contributed by atoms with Crippen LogP contribution in [0.15, 0.2) is 0 Å². The van der Waals surface area contributed by atoms with Gasteiger partial charge in [-0.25, -0.2) is 4.79 Å². The molecule has 0 spiro atoms.